The Morgan fingerprint density at radius 1 is 1.16 bits per heavy atom. The smallest absolute Gasteiger partial charge is 0.243 e. The number of hydrogen-bond acceptors (Lipinski definition) is 3. The summed E-state index contributed by atoms with van der Waals surface area (Å²) in [7, 11) is -3.96. The summed E-state index contributed by atoms with van der Waals surface area (Å²) in [6.07, 6.45) is 2.73. The highest BCUT2D eigenvalue weighted by Gasteiger charge is 2.26. The number of rotatable bonds is 3. The van der Waals surface area contributed by atoms with E-state index in [4.69, 9.17) is 5.73 Å². The molecule has 0 heterocycles. The molecule has 1 fully saturated rings. The van der Waals surface area contributed by atoms with Crippen LogP contribution in [-0.2, 0) is 10.0 Å². The molecule has 1 saturated carbocycles. The molecule has 0 aromatic heterocycles. The minimum atomic E-state index is -3.96. The summed E-state index contributed by atoms with van der Waals surface area (Å²) < 4.78 is 52.7. The standard InChI is InChI=1S/C12H16F2N2O2S/c13-8-1-6-12(11(14)7-8)19(17,18)16-10-4-2-9(15)3-5-10/h1,6-7,9-10,16H,2-5,15H2. The number of hydrogen-bond donors (Lipinski definition) is 2. The molecule has 1 aliphatic rings. The highest BCUT2D eigenvalue weighted by Crippen LogP contribution is 2.21. The quantitative estimate of drug-likeness (QED) is 0.886. The van der Waals surface area contributed by atoms with Gasteiger partial charge in [-0.1, -0.05) is 0 Å². The van der Waals surface area contributed by atoms with Gasteiger partial charge in [-0.15, -0.1) is 0 Å². The molecule has 1 aliphatic carbocycles. The van der Waals surface area contributed by atoms with Gasteiger partial charge in [-0.05, 0) is 37.8 Å². The fourth-order valence-corrected chi connectivity index (χ4v) is 3.58. The van der Waals surface area contributed by atoms with Crippen molar-refractivity contribution in [3.8, 4) is 0 Å². The fraction of sp³-hybridized carbons (Fsp3) is 0.500. The number of halogens is 2. The maximum Gasteiger partial charge on any atom is 0.243 e. The molecule has 0 saturated heterocycles. The molecule has 0 unspecified atom stereocenters. The van der Waals surface area contributed by atoms with Crippen LogP contribution in [0.3, 0.4) is 0 Å². The summed E-state index contributed by atoms with van der Waals surface area (Å²) >= 11 is 0. The highest BCUT2D eigenvalue weighted by atomic mass is 32.2. The minimum absolute atomic E-state index is 0.100. The van der Waals surface area contributed by atoms with Crippen LogP contribution in [0.1, 0.15) is 25.7 Å². The van der Waals surface area contributed by atoms with Crippen LogP contribution in [0.25, 0.3) is 0 Å². The normalized spacial score (nSPS) is 24.4. The van der Waals surface area contributed by atoms with Crippen molar-refractivity contribution < 1.29 is 17.2 Å². The van der Waals surface area contributed by atoms with Crippen LogP contribution < -0.4 is 10.5 Å². The van der Waals surface area contributed by atoms with E-state index < -0.39 is 26.6 Å². The van der Waals surface area contributed by atoms with Gasteiger partial charge in [0, 0.05) is 18.2 Å². The van der Waals surface area contributed by atoms with Crippen LogP contribution in [0.15, 0.2) is 23.1 Å². The Morgan fingerprint density at radius 2 is 1.79 bits per heavy atom. The van der Waals surface area contributed by atoms with Gasteiger partial charge in [0.05, 0.1) is 0 Å². The molecule has 0 aliphatic heterocycles. The number of nitrogens with two attached hydrogens (primary N) is 1. The van der Waals surface area contributed by atoms with E-state index in [0.717, 1.165) is 25.0 Å². The van der Waals surface area contributed by atoms with Gasteiger partial charge in [0.1, 0.15) is 16.5 Å². The SMILES string of the molecule is NC1CCC(NS(=O)(=O)c2ccc(F)cc2F)CC1. The lowest BCUT2D eigenvalue weighted by molar-refractivity contribution is 0.373. The summed E-state index contributed by atoms with van der Waals surface area (Å²) in [5.41, 5.74) is 5.73. The molecule has 0 bridgehead atoms. The van der Waals surface area contributed by atoms with E-state index in [1.807, 2.05) is 0 Å². The van der Waals surface area contributed by atoms with E-state index in [-0.39, 0.29) is 12.1 Å². The van der Waals surface area contributed by atoms with Crippen LogP contribution in [0.2, 0.25) is 0 Å². The Kier molecular flexibility index (Phi) is 4.17. The molecule has 2 rings (SSSR count). The summed E-state index contributed by atoms with van der Waals surface area (Å²) in [4.78, 5) is -0.524. The number of benzene rings is 1. The first-order valence-corrected chi connectivity index (χ1v) is 7.60. The van der Waals surface area contributed by atoms with Gasteiger partial charge in [-0.3, -0.25) is 0 Å². The Morgan fingerprint density at radius 3 is 2.37 bits per heavy atom. The van der Waals surface area contributed by atoms with E-state index >= 15 is 0 Å². The third-order valence-electron chi connectivity index (χ3n) is 3.28. The second-order valence-corrected chi connectivity index (χ2v) is 6.49. The van der Waals surface area contributed by atoms with Crippen LogP contribution in [0.5, 0.6) is 0 Å². The Labute approximate surface area is 111 Å². The minimum Gasteiger partial charge on any atom is -0.328 e. The predicted octanol–water partition coefficient (Wildman–Crippen LogP) is 1.51. The van der Waals surface area contributed by atoms with Gasteiger partial charge in [-0.2, -0.15) is 0 Å². The second kappa shape index (κ2) is 5.52. The molecule has 7 heteroatoms. The van der Waals surface area contributed by atoms with Crippen molar-refractivity contribution in [1.82, 2.24) is 4.72 Å². The van der Waals surface area contributed by atoms with Crippen molar-refractivity contribution in [3.05, 3.63) is 29.8 Å². The number of nitrogens with one attached hydrogen (secondary N) is 1. The van der Waals surface area contributed by atoms with Gasteiger partial charge in [-0.25, -0.2) is 21.9 Å². The molecule has 19 heavy (non-hydrogen) atoms. The van der Waals surface area contributed by atoms with Crippen LogP contribution in [0, 0.1) is 11.6 Å². The van der Waals surface area contributed by atoms with Crippen molar-refractivity contribution in [2.24, 2.45) is 5.73 Å². The van der Waals surface area contributed by atoms with E-state index in [1.54, 1.807) is 0 Å². The molecule has 3 N–H and O–H groups in total. The first-order valence-electron chi connectivity index (χ1n) is 6.11. The van der Waals surface area contributed by atoms with Gasteiger partial charge >= 0.3 is 0 Å². The van der Waals surface area contributed by atoms with Gasteiger partial charge in [0.15, 0.2) is 0 Å². The average Bonchev–Trinajstić information content (AvgIpc) is 2.31. The lowest BCUT2D eigenvalue weighted by Crippen LogP contribution is -2.40. The monoisotopic (exact) mass is 290 g/mol. The largest absolute Gasteiger partial charge is 0.328 e. The zero-order valence-corrected chi connectivity index (χ0v) is 11.1. The molecular weight excluding hydrogens is 274 g/mol. The van der Waals surface area contributed by atoms with Gasteiger partial charge < -0.3 is 5.73 Å². The topological polar surface area (TPSA) is 72.2 Å². The maximum absolute atomic E-state index is 13.5. The van der Waals surface area contributed by atoms with E-state index in [1.165, 1.54) is 0 Å². The highest BCUT2D eigenvalue weighted by molar-refractivity contribution is 7.89. The fourth-order valence-electron chi connectivity index (χ4n) is 2.21. The van der Waals surface area contributed by atoms with Gasteiger partial charge in [0.25, 0.3) is 0 Å². The lowest BCUT2D eigenvalue weighted by atomic mass is 9.93. The van der Waals surface area contributed by atoms with Crippen molar-refractivity contribution in [2.75, 3.05) is 0 Å². The third-order valence-corrected chi connectivity index (χ3v) is 4.83. The van der Waals surface area contributed by atoms with Crippen LogP contribution in [0.4, 0.5) is 8.78 Å². The average molecular weight is 290 g/mol. The van der Waals surface area contributed by atoms with Crippen molar-refractivity contribution in [2.45, 2.75) is 42.7 Å². The van der Waals surface area contributed by atoms with E-state index in [9.17, 15) is 17.2 Å². The molecule has 0 amide bonds. The predicted molar refractivity (Wildman–Crippen MR) is 66.9 cm³/mol. The van der Waals surface area contributed by atoms with Crippen molar-refractivity contribution in [1.29, 1.82) is 0 Å². The van der Waals surface area contributed by atoms with Crippen LogP contribution >= 0.6 is 0 Å². The van der Waals surface area contributed by atoms with E-state index in [2.05, 4.69) is 4.72 Å². The Bertz CT molecular complexity index is 555. The molecule has 4 nitrogen and oxygen atoms in total. The second-order valence-electron chi connectivity index (χ2n) is 4.81. The molecule has 0 spiro atoms. The first-order chi connectivity index (χ1) is 8.88. The molecule has 1 aromatic rings. The number of sulfonamides is 1. The summed E-state index contributed by atoms with van der Waals surface area (Å²) in [5.74, 6) is -1.89. The van der Waals surface area contributed by atoms with Crippen LogP contribution in [-0.4, -0.2) is 20.5 Å². The summed E-state index contributed by atoms with van der Waals surface area (Å²) in [6, 6.07) is 2.28. The van der Waals surface area contributed by atoms with Crippen molar-refractivity contribution in [3.63, 3.8) is 0 Å². The molecule has 0 radical (unpaired) electrons. The first kappa shape index (κ1) is 14.4. The Hall–Kier alpha value is -1.05. The summed E-state index contributed by atoms with van der Waals surface area (Å²) in [5, 5.41) is 0. The Balaban J connectivity index is 2.14. The summed E-state index contributed by atoms with van der Waals surface area (Å²) in [6.45, 7) is 0. The molecular formula is C12H16F2N2O2S. The molecule has 1 aromatic carbocycles. The zero-order chi connectivity index (χ0) is 14.0. The maximum atomic E-state index is 13.5. The third kappa shape index (κ3) is 3.49. The lowest BCUT2D eigenvalue weighted by Gasteiger charge is -2.26. The molecule has 0 atom stereocenters. The zero-order valence-electron chi connectivity index (χ0n) is 10.3. The molecule has 106 valence electrons. The van der Waals surface area contributed by atoms with E-state index in [0.29, 0.717) is 18.9 Å². The van der Waals surface area contributed by atoms with Gasteiger partial charge in [0.2, 0.25) is 10.0 Å². The van der Waals surface area contributed by atoms with Crippen molar-refractivity contribution >= 4 is 10.0 Å².